The Kier molecular flexibility index (Phi) is 26.6. The molecule has 4 aromatic carbocycles. The summed E-state index contributed by atoms with van der Waals surface area (Å²) in [6.07, 6.45) is 7.13. The van der Waals surface area contributed by atoms with Crippen molar-refractivity contribution in [1.82, 2.24) is 99.0 Å². The summed E-state index contributed by atoms with van der Waals surface area (Å²) in [4.78, 5) is 47.2. The molecule has 19 rings (SSSR count). The van der Waals surface area contributed by atoms with Gasteiger partial charge >= 0.3 is 0 Å². The summed E-state index contributed by atoms with van der Waals surface area (Å²) >= 11 is 11.9. The van der Waals surface area contributed by atoms with Crippen LogP contribution < -0.4 is 15.1 Å². The standard InChI is InChI=1S/2C24H26N6O.2C19H15ClN4O.C5H12N2/c1-18-26-24(22-9-8-21(31-22)20-6-4-3-5-7-20)27-30(18)17-19-10-11-25-23(16-19)29-14-12-28(2)13-15-29;1-18-26-24(22-9-8-21(31-22)20-6-4-3-5-7-20)30(27-18)17-19-10-11-25-23(16-19)29-14-12-28(2)13-15-29;1-13-22-19(23-24(13)12-14-9-10-21-18(20)11-14)17-8-7-16(25-17)15-5-3-2-4-6-15;1-13-22-19(24(23-13)12-14-9-10-21-18(20)11-14)17-8-7-16(25-17)15-5-3-2-4-6-15;1-7-4-2-6-3-5-7/h2*3-11,16H,12-15,17H2,1-2H3;2*2-11H,12H2,1H3;6H,2-5H2,1H3. The van der Waals surface area contributed by atoms with Crippen LogP contribution in [-0.4, -0.2) is 193 Å². The number of halogens is 2. The second-order valence-corrected chi connectivity index (χ2v) is 30.1. The van der Waals surface area contributed by atoms with Crippen LogP contribution in [-0.2, 0) is 26.2 Å². The molecule has 3 fully saturated rings. The van der Waals surface area contributed by atoms with E-state index in [2.05, 4.69) is 118 Å². The number of anilines is 2. The Bertz CT molecular complexity index is 5890. The third kappa shape index (κ3) is 21.7. The summed E-state index contributed by atoms with van der Waals surface area (Å²) in [6, 6.07) is 71.4. The highest BCUT2D eigenvalue weighted by Crippen LogP contribution is 2.33. The fraction of sp³-hybridized carbons (Fsp3) is 0.253. The van der Waals surface area contributed by atoms with E-state index in [-0.39, 0.29) is 0 Å². The van der Waals surface area contributed by atoms with Gasteiger partial charge in [0, 0.05) is 126 Å². The molecule has 3 aliphatic rings. The lowest BCUT2D eigenvalue weighted by Gasteiger charge is -2.33. The third-order valence-corrected chi connectivity index (χ3v) is 20.7. The Labute approximate surface area is 701 Å². The minimum atomic E-state index is 0.459. The molecule has 16 aromatic rings. The van der Waals surface area contributed by atoms with Crippen LogP contribution in [0, 0.1) is 27.7 Å². The number of aromatic nitrogens is 16. The maximum absolute atomic E-state index is 6.13. The Hall–Kier alpha value is -12.8. The number of furan rings is 4. The van der Waals surface area contributed by atoms with Crippen LogP contribution in [0.15, 0.2) is 261 Å². The van der Waals surface area contributed by atoms with E-state index in [0.717, 1.165) is 168 Å². The molecule has 28 heteroatoms. The van der Waals surface area contributed by atoms with Crippen LogP contribution in [0.2, 0.25) is 10.3 Å². The average molecular weight is 1630 g/mol. The number of rotatable bonds is 18. The number of nitrogens with zero attached hydrogens (tertiary/aromatic N) is 21. The monoisotopic (exact) mass is 1630 g/mol. The topological polar surface area (TPSA) is 255 Å². The van der Waals surface area contributed by atoms with Gasteiger partial charge in [-0.3, -0.25) is 0 Å². The van der Waals surface area contributed by atoms with Gasteiger partial charge in [0.05, 0.1) is 26.2 Å². The molecule has 606 valence electrons. The highest BCUT2D eigenvalue weighted by molar-refractivity contribution is 6.29. The molecule has 0 spiro atoms. The first kappa shape index (κ1) is 81.3. The number of aryl methyl sites for hydroxylation is 4. The molecular formula is C91H94Cl2N22O4. The Morgan fingerprint density at radius 2 is 0.613 bits per heavy atom. The Balaban J connectivity index is 0.000000121. The van der Waals surface area contributed by atoms with Crippen LogP contribution in [0.25, 0.3) is 91.6 Å². The van der Waals surface area contributed by atoms with Gasteiger partial charge in [0.25, 0.3) is 0 Å². The van der Waals surface area contributed by atoms with E-state index in [1.54, 1.807) is 12.4 Å². The van der Waals surface area contributed by atoms with Crippen molar-refractivity contribution in [2.45, 2.75) is 53.9 Å². The van der Waals surface area contributed by atoms with Crippen molar-refractivity contribution >= 4 is 34.8 Å². The minimum absolute atomic E-state index is 0.459. The van der Waals surface area contributed by atoms with Gasteiger partial charge in [-0.05, 0) is 168 Å². The predicted octanol–water partition coefficient (Wildman–Crippen LogP) is 16.2. The molecule has 26 nitrogen and oxygen atoms in total. The molecule has 0 bridgehead atoms. The van der Waals surface area contributed by atoms with Crippen LogP contribution >= 0.6 is 23.2 Å². The van der Waals surface area contributed by atoms with Crippen LogP contribution in [0.4, 0.5) is 11.6 Å². The number of pyridine rings is 4. The molecule has 0 radical (unpaired) electrons. The molecule has 0 aliphatic carbocycles. The summed E-state index contributed by atoms with van der Waals surface area (Å²) in [6.45, 7) is 23.0. The van der Waals surface area contributed by atoms with E-state index in [1.165, 1.54) is 13.1 Å². The second kappa shape index (κ2) is 39.0. The van der Waals surface area contributed by atoms with E-state index >= 15 is 0 Å². The Morgan fingerprint density at radius 3 is 0.950 bits per heavy atom. The summed E-state index contributed by atoms with van der Waals surface area (Å²) in [5.74, 6) is 13.7. The van der Waals surface area contributed by atoms with E-state index in [4.69, 9.17) is 46.0 Å². The number of hydrogen-bond donors (Lipinski definition) is 1. The van der Waals surface area contributed by atoms with Crippen LogP contribution in [0.5, 0.6) is 0 Å². The van der Waals surface area contributed by atoms with Crippen molar-refractivity contribution in [3.05, 3.63) is 299 Å². The van der Waals surface area contributed by atoms with E-state index < -0.39 is 0 Å². The third-order valence-electron chi connectivity index (χ3n) is 20.3. The van der Waals surface area contributed by atoms with Gasteiger partial charge in [-0.25, -0.2) is 58.6 Å². The summed E-state index contributed by atoms with van der Waals surface area (Å²) in [7, 11) is 6.47. The zero-order chi connectivity index (χ0) is 82.0. The molecule has 0 amide bonds. The van der Waals surface area contributed by atoms with Gasteiger partial charge in [0.15, 0.2) is 34.7 Å². The molecule has 15 heterocycles. The molecule has 0 atom stereocenters. The largest absolute Gasteiger partial charge is 0.453 e. The zero-order valence-electron chi connectivity index (χ0n) is 67.7. The number of likely N-dealkylation sites (N-methyl/N-ethyl adjacent to an activating group) is 3. The number of hydrogen-bond acceptors (Lipinski definition) is 22. The first-order valence-corrected chi connectivity index (χ1v) is 40.5. The van der Waals surface area contributed by atoms with Crippen molar-refractivity contribution in [2.24, 2.45) is 0 Å². The maximum atomic E-state index is 6.13. The second-order valence-electron chi connectivity index (χ2n) is 29.3. The van der Waals surface area contributed by atoms with Crippen molar-refractivity contribution in [1.29, 1.82) is 0 Å². The van der Waals surface area contributed by atoms with E-state index in [1.807, 2.05) is 265 Å². The SMILES string of the molecule is CN1CCNCC1.Cc1nc(-c2ccc(-c3ccccc3)o2)n(Cc2ccnc(Cl)c2)n1.Cc1nc(-c2ccc(-c3ccccc3)o2)n(Cc2ccnc(N3CCN(C)CC3)c2)n1.Cc1nc(-c2ccc(-c3ccccc3)o2)nn1Cc1ccnc(Cl)c1.Cc1nc(-c2ccc(-c3ccccc3)o2)nn1Cc1ccnc(N2CCN(C)CC2)c1. The fourth-order valence-corrected chi connectivity index (χ4v) is 14.2. The lowest BCUT2D eigenvalue weighted by atomic mass is 10.2. The number of benzene rings is 4. The normalized spacial score (nSPS) is 13.8. The summed E-state index contributed by atoms with van der Waals surface area (Å²) < 4.78 is 31.6. The molecule has 119 heavy (non-hydrogen) atoms. The van der Waals surface area contributed by atoms with E-state index in [0.29, 0.717) is 82.8 Å². The molecule has 0 unspecified atom stereocenters. The highest BCUT2D eigenvalue weighted by Gasteiger charge is 2.23. The summed E-state index contributed by atoms with van der Waals surface area (Å²) in [5, 5.41) is 22.6. The van der Waals surface area contributed by atoms with Gasteiger partial charge in [-0.15, -0.1) is 10.2 Å². The van der Waals surface area contributed by atoms with Crippen LogP contribution in [0.1, 0.15) is 45.6 Å². The van der Waals surface area contributed by atoms with Gasteiger partial charge in [-0.2, -0.15) is 10.2 Å². The molecule has 1 N–H and O–H groups in total. The maximum Gasteiger partial charge on any atom is 0.217 e. The van der Waals surface area contributed by atoms with Crippen molar-refractivity contribution in [2.75, 3.05) is 109 Å². The lowest BCUT2D eigenvalue weighted by Crippen LogP contribution is -2.44. The minimum Gasteiger partial charge on any atom is -0.453 e. The van der Waals surface area contributed by atoms with Gasteiger partial charge in [-0.1, -0.05) is 145 Å². The molecule has 3 saturated heterocycles. The highest BCUT2D eigenvalue weighted by atomic mass is 35.5. The molecule has 0 saturated carbocycles. The first-order valence-electron chi connectivity index (χ1n) is 39.7. The number of nitrogens with one attached hydrogen (secondary N) is 1. The molecule has 3 aliphatic heterocycles. The van der Waals surface area contributed by atoms with Gasteiger partial charge in [0.2, 0.25) is 11.6 Å². The lowest BCUT2D eigenvalue weighted by molar-refractivity contribution is 0.291. The van der Waals surface area contributed by atoms with Crippen LogP contribution in [0.3, 0.4) is 0 Å². The molecule has 12 aromatic heterocycles. The van der Waals surface area contributed by atoms with Crippen molar-refractivity contribution in [3.63, 3.8) is 0 Å². The van der Waals surface area contributed by atoms with Gasteiger partial charge in [0.1, 0.15) is 68.3 Å². The van der Waals surface area contributed by atoms with Gasteiger partial charge < -0.3 is 47.5 Å². The fourth-order valence-electron chi connectivity index (χ4n) is 13.8. The molecular weight excluding hydrogens is 1540 g/mol. The first-order chi connectivity index (χ1) is 58.1. The predicted molar refractivity (Wildman–Crippen MR) is 465 cm³/mol. The Morgan fingerprint density at radius 1 is 0.311 bits per heavy atom. The average Bonchev–Trinajstić information content (AvgIpc) is 1.71. The quantitative estimate of drug-likeness (QED) is 0.0783. The summed E-state index contributed by atoms with van der Waals surface area (Å²) in [5.41, 5.74) is 8.46. The van der Waals surface area contributed by atoms with Crippen molar-refractivity contribution in [3.8, 4) is 91.6 Å². The zero-order valence-corrected chi connectivity index (χ0v) is 69.2. The number of piperazine rings is 3. The van der Waals surface area contributed by atoms with E-state index in [9.17, 15) is 0 Å². The van der Waals surface area contributed by atoms with Crippen molar-refractivity contribution < 1.29 is 17.7 Å². The smallest absolute Gasteiger partial charge is 0.217 e.